The summed E-state index contributed by atoms with van der Waals surface area (Å²) in [5, 5.41) is 16.7. The third-order valence-electron chi connectivity index (χ3n) is 3.65. The van der Waals surface area contributed by atoms with Gasteiger partial charge in [-0.15, -0.1) is 0 Å². The van der Waals surface area contributed by atoms with Gasteiger partial charge in [-0.3, -0.25) is 9.48 Å². The zero-order chi connectivity index (χ0) is 16.1. The van der Waals surface area contributed by atoms with Crippen LogP contribution in [0.3, 0.4) is 0 Å². The second kappa shape index (κ2) is 7.22. The minimum Gasteiger partial charge on any atom is -0.392 e. The van der Waals surface area contributed by atoms with Gasteiger partial charge in [0.05, 0.1) is 12.3 Å². The molecule has 0 saturated carbocycles. The number of hydrogen-bond acceptors (Lipinski definition) is 3. The summed E-state index contributed by atoms with van der Waals surface area (Å²) in [5.74, 6) is 0.142. The van der Waals surface area contributed by atoms with Crippen molar-refractivity contribution in [1.29, 1.82) is 0 Å². The first-order chi connectivity index (χ1) is 10.6. The van der Waals surface area contributed by atoms with E-state index in [0.29, 0.717) is 18.8 Å². The number of aliphatic hydroxyl groups is 1. The molecule has 0 spiro atoms. The summed E-state index contributed by atoms with van der Waals surface area (Å²) >= 11 is 0. The zero-order valence-corrected chi connectivity index (χ0v) is 13.3. The van der Waals surface area contributed by atoms with Gasteiger partial charge in [-0.05, 0) is 30.0 Å². The lowest BCUT2D eigenvalue weighted by Gasteiger charge is -2.09. The molecule has 2 N–H and O–H groups in total. The molecule has 1 amide bonds. The molecule has 0 unspecified atom stereocenters. The fraction of sp³-hybridized carbons (Fsp3) is 0.412. The van der Waals surface area contributed by atoms with Gasteiger partial charge >= 0.3 is 0 Å². The molecular formula is C17H23N3O2. The van der Waals surface area contributed by atoms with Gasteiger partial charge in [0, 0.05) is 13.1 Å². The third kappa shape index (κ3) is 3.54. The zero-order valence-electron chi connectivity index (χ0n) is 13.3. The molecule has 2 aromatic rings. The number of rotatable bonds is 6. The smallest absolute Gasteiger partial charge is 0.269 e. The van der Waals surface area contributed by atoms with E-state index >= 15 is 0 Å². The highest BCUT2D eigenvalue weighted by Gasteiger charge is 2.16. The Morgan fingerprint density at radius 1 is 1.32 bits per heavy atom. The second-order valence-corrected chi connectivity index (χ2v) is 5.53. The van der Waals surface area contributed by atoms with Crippen molar-refractivity contribution in [3.8, 4) is 0 Å². The van der Waals surface area contributed by atoms with Crippen LogP contribution in [0.4, 0.5) is 0 Å². The Bertz CT molecular complexity index is 647. The van der Waals surface area contributed by atoms with Crippen LogP contribution in [-0.4, -0.2) is 20.8 Å². The lowest BCUT2D eigenvalue weighted by Crippen LogP contribution is -2.26. The van der Waals surface area contributed by atoms with Crippen LogP contribution in [0.2, 0.25) is 0 Å². The molecule has 0 aliphatic heterocycles. The number of nitrogens with one attached hydrogen (secondary N) is 1. The maximum absolute atomic E-state index is 12.4. The molecule has 118 valence electrons. The molecule has 0 aliphatic rings. The molecule has 0 fully saturated rings. The Kier molecular flexibility index (Phi) is 5.33. The second-order valence-electron chi connectivity index (χ2n) is 5.53. The molecule has 0 radical (unpaired) electrons. The van der Waals surface area contributed by atoms with Gasteiger partial charge in [0.2, 0.25) is 0 Å². The van der Waals surface area contributed by atoms with E-state index in [4.69, 9.17) is 0 Å². The third-order valence-corrected chi connectivity index (χ3v) is 3.65. The van der Waals surface area contributed by atoms with E-state index in [1.54, 1.807) is 4.68 Å². The van der Waals surface area contributed by atoms with Crippen molar-refractivity contribution in [3.63, 3.8) is 0 Å². The van der Waals surface area contributed by atoms with E-state index in [2.05, 4.69) is 24.3 Å². The van der Waals surface area contributed by atoms with Crippen molar-refractivity contribution in [2.75, 3.05) is 0 Å². The molecule has 22 heavy (non-hydrogen) atoms. The van der Waals surface area contributed by atoms with Crippen molar-refractivity contribution in [2.24, 2.45) is 0 Å². The van der Waals surface area contributed by atoms with Gasteiger partial charge in [-0.2, -0.15) is 5.10 Å². The molecular weight excluding hydrogens is 278 g/mol. The van der Waals surface area contributed by atoms with Crippen LogP contribution < -0.4 is 5.32 Å². The van der Waals surface area contributed by atoms with Gasteiger partial charge in [0.1, 0.15) is 5.69 Å². The lowest BCUT2D eigenvalue weighted by atomic mass is 10.1. The summed E-state index contributed by atoms with van der Waals surface area (Å²) in [5.41, 5.74) is 3.25. The van der Waals surface area contributed by atoms with Crippen LogP contribution in [0.15, 0.2) is 30.3 Å². The standard InChI is InChI=1S/C17H23N3O2/c1-4-20-16(9-15(19-20)12(2)3)17(22)18-10-13-7-5-6-8-14(13)11-21/h5-9,12,21H,4,10-11H2,1-3H3,(H,18,22). The molecule has 1 heterocycles. The van der Waals surface area contributed by atoms with E-state index in [1.165, 1.54) is 0 Å². The van der Waals surface area contributed by atoms with E-state index in [9.17, 15) is 9.90 Å². The number of amides is 1. The Hall–Kier alpha value is -2.14. The van der Waals surface area contributed by atoms with Crippen LogP contribution in [0, 0.1) is 0 Å². The van der Waals surface area contributed by atoms with E-state index in [0.717, 1.165) is 16.8 Å². The first-order valence-electron chi connectivity index (χ1n) is 7.60. The fourth-order valence-corrected chi connectivity index (χ4v) is 2.29. The average molecular weight is 301 g/mol. The summed E-state index contributed by atoms with van der Waals surface area (Å²) in [4.78, 5) is 12.4. The molecule has 1 aromatic carbocycles. The Balaban J connectivity index is 2.12. The summed E-state index contributed by atoms with van der Waals surface area (Å²) in [6.45, 7) is 7.10. The Morgan fingerprint density at radius 2 is 2.00 bits per heavy atom. The van der Waals surface area contributed by atoms with Crippen LogP contribution >= 0.6 is 0 Å². The van der Waals surface area contributed by atoms with Crippen molar-refractivity contribution < 1.29 is 9.90 Å². The van der Waals surface area contributed by atoms with Gasteiger partial charge in [-0.1, -0.05) is 38.1 Å². The minimum atomic E-state index is -0.144. The van der Waals surface area contributed by atoms with Gasteiger partial charge in [-0.25, -0.2) is 0 Å². The number of aryl methyl sites for hydroxylation is 1. The minimum absolute atomic E-state index is 0.0313. The number of aliphatic hydroxyl groups excluding tert-OH is 1. The first kappa shape index (κ1) is 16.2. The summed E-state index contributed by atoms with van der Waals surface area (Å²) in [7, 11) is 0. The largest absolute Gasteiger partial charge is 0.392 e. The summed E-state index contributed by atoms with van der Waals surface area (Å²) in [6.07, 6.45) is 0. The molecule has 5 nitrogen and oxygen atoms in total. The van der Waals surface area contributed by atoms with Crippen molar-refractivity contribution >= 4 is 5.91 Å². The highest BCUT2D eigenvalue weighted by atomic mass is 16.3. The number of benzene rings is 1. The maximum Gasteiger partial charge on any atom is 0.269 e. The lowest BCUT2D eigenvalue weighted by molar-refractivity contribution is 0.0940. The first-order valence-corrected chi connectivity index (χ1v) is 7.60. The SMILES string of the molecule is CCn1nc(C(C)C)cc1C(=O)NCc1ccccc1CO. The monoisotopic (exact) mass is 301 g/mol. The van der Waals surface area contributed by atoms with Crippen LogP contribution in [0.5, 0.6) is 0 Å². The molecule has 0 saturated heterocycles. The van der Waals surface area contributed by atoms with Crippen molar-refractivity contribution in [2.45, 2.75) is 46.4 Å². The van der Waals surface area contributed by atoms with Crippen LogP contribution in [-0.2, 0) is 19.7 Å². The summed E-state index contributed by atoms with van der Waals surface area (Å²) in [6, 6.07) is 9.38. The highest BCUT2D eigenvalue weighted by molar-refractivity contribution is 5.92. The number of hydrogen-bond donors (Lipinski definition) is 2. The van der Waals surface area contributed by atoms with Crippen molar-refractivity contribution in [1.82, 2.24) is 15.1 Å². The van der Waals surface area contributed by atoms with Crippen molar-refractivity contribution in [3.05, 3.63) is 52.8 Å². The van der Waals surface area contributed by atoms with E-state index < -0.39 is 0 Å². The number of carbonyl (C=O) groups is 1. The molecule has 1 aromatic heterocycles. The number of carbonyl (C=O) groups excluding carboxylic acids is 1. The van der Waals surface area contributed by atoms with Gasteiger partial charge < -0.3 is 10.4 Å². The topological polar surface area (TPSA) is 67.2 Å². The van der Waals surface area contributed by atoms with Crippen LogP contribution in [0.1, 0.15) is 54.0 Å². The molecule has 0 aliphatic carbocycles. The highest BCUT2D eigenvalue weighted by Crippen LogP contribution is 2.15. The predicted molar refractivity (Wildman–Crippen MR) is 85.5 cm³/mol. The number of nitrogens with zero attached hydrogens (tertiary/aromatic N) is 2. The van der Waals surface area contributed by atoms with Crippen LogP contribution in [0.25, 0.3) is 0 Å². The predicted octanol–water partition coefficient (Wildman–Crippen LogP) is 2.45. The normalized spacial score (nSPS) is 11.0. The molecule has 2 rings (SSSR count). The maximum atomic E-state index is 12.4. The Morgan fingerprint density at radius 3 is 2.59 bits per heavy atom. The van der Waals surface area contributed by atoms with E-state index in [1.807, 2.05) is 37.3 Å². The summed E-state index contributed by atoms with van der Waals surface area (Å²) < 4.78 is 1.72. The molecule has 5 heteroatoms. The quantitative estimate of drug-likeness (QED) is 0.861. The molecule has 0 atom stereocenters. The Labute approximate surface area is 131 Å². The number of aromatic nitrogens is 2. The molecule has 0 bridgehead atoms. The van der Waals surface area contributed by atoms with E-state index in [-0.39, 0.29) is 18.4 Å². The van der Waals surface area contributed by atoms with Gasteiger partial charge in [0.25, 0.3) is 5.91 Å². The average Bonchev–Trinajstić information content (AvgIpc) is 2.97. The van der Waals surface area contributed by atoms with Gasteiger partial charge in [0.15, 0.2) is 0 Å². The fourth-order valence-electron chi connectivity index (χ4n) is 2.29.